The molecule has 8 nitrogen and oxygen atoms in total. The van der Waals surface area contributed by atoms with Crippen molar-refractivity contribution in [1.82, 2.24) is 0 Å². The molecule has 0 heterocycles. The monoisotopic (exact) mass is 475 g/mol. The van der Waals surface area contributed by atoms with E-state index >= 15 is 0 Å². The lowest BCUT2D eigenvalue weighted by Gasteiger charge is -2.13. The van der Waals surface area contributed by atoms with E-state index in [2.05, 4.69) is 15.4 Å². The number of nitrogens with one attached hydrogen (secondary N) is 3. The lowest BCUT2D eigenvalue weighted by molar-refractivity contribution is -0.114. The molecule has 0 aliphatic heterocycles. The van der Waals surface area contributed by atoms with E-state index in [9.17, 15) is 26.8 Å². The molecule has 33 heavy (non-hydrogen) atoms. The number of halogens is 2. The van der Waals surface area contributed by atoms with Crippen LogP contribution in [-0.4, -0.2) is 27.3 Å². The molecule has 0 bridgehead atoms. The first kappa shape index (κ1) is 23.7. The minimum atomic E-state index is -4.23. The van der Waals surface area contributed by atoms with E-state index in [1.807, 2.05) is 0 Å². The van der Waals surface area contributed by atoms with Crippen LogP contribution in [0.5, 0.6) is 5.75 Å². The summed E-state index contributed by atoms with van der Waals surface area (Å²) in [4.78, 5) is 23.6. The molecule has 0 atom stereocenters. The van der Waals surface area contributed by atoms with Crippen molar-refractivity contribution in [2.24, 2.45) is 0 Å². The van der Waals surface area contributed by atoms with Crippen LogP contribution in [0.1, 0.15) is 17.3 Å². The van der Waals surface area contributed by atoms with E-state index in [-0.39, 0.29) is 22.8 Å². The zero-order valence-corrected chi connectivity index (χ0v) is 18.3. The largest absolute Gasteiger partial charge is 0.495 e. The van der Waals surface area contributed by atoms with Gasteiger partial charge in [-0.25, -0.2) is 17.2 Å². The molecule has 2 amide bonds. The van der Waals surface area contributed by atoms with Gasteiger partial charge in [-0.3, -0.25) is 14.3 Å². The Morgan fingerprint density at radius 1 is 0.879 bits per heavy atom. The summed E-state index contributed by atoms with van der Waals surface area (Å²) in [6.07, 6.45) is 0. The fourth-order valence-electron chi connectivity index (χ4n) is 2.86. The summed E-state index contributed by atoms with van der Waals surface area (Å²) in [5.74, 6) is -3.01. The topological polar surface area (TPSA) is 114 Å². The van der Waals surface area contributed by atoms with Crippen molar-refractivity contribution >= 4 is 38.9 Å². The second-order valence-corrected chi connectivity index (χ2v) is 8.49. The van der Waals surface area contributed by atoms with E-state index in [1.165, 1.54) is 44.4 Å². The standard InChI is InChI=1S/C22H19F2N3O5S/c1-13(28)25-15-6-9-21(32-2)20(11-15)26-22(29)14-4-3-5-16(10-14)27-33(30,31)17-7-8-18(23)19(24)12-17/h3-12,27H,1-2H3,(H,25,28)(H,26,29). The highest BCUT2D eigenvalue weighted by molar-refractivity contribution is 7.92. The predicted octanol–water partition coefficient (Wildman–Crippen LogP) is 3.98. The molecule has 0 aliphatic rings. The summed E-state index contributed by atoms with van der Waals surface area (Å²) in [5.41, 5.74) is 0.854. The number of amides is 2. The number of sulfonamides is 1. The minimum absolute atomic E-state index is 0.0337. The van der Waals surface area contributed by atoms with E-state index in [4.69, 9.17) is 4.74 Å². The van der Waals surface area contributed by atoms with Crippen LogP contribution in [-0.2, 0) is 14.8 Å². The van der Waals surface area contributed by atoms with Crippen LogP contribution in [0, 0.1) is 11.6 Å². The Bertz CT molecular complexity index is 1330. The Morgan fingerprint density at radius 2 is 1.64 bits per heavy atom. The molecule has 0 unspecified atom stereocenters. The molecule has 3 rings (SSSR count). The predicted molar refractivity (Wildman–Crippen MR) is 119 cm³/mol. The molecule has 3 aromatic carbocycles. The summed E-state index contributed by atoms with van der Waals surface area (Å²) in [7, 11) is -2.82. The van der Waals surface area contributed by atoms with Crippen molar-refractivity contribution in [3.63, 3.8) is 0 Å². The Hall–Kier alpha value is -3.99. The molecule has 11 heteroatoms. The van der Waals surface area contributed by atoms with E-state index < -0.39 is 32.5 Å². The first-order valence-electron chi connectivity index (χ1n) is 9.44. The maximum absolute atomic E-state index is 13.4. The van der Waals surface area contributed by atoms with Gasteiger partial charge in [0.05, 0.1) is 17.7 Å². The number of benzene rings is 3. The molecule has 0 saturated heterocycles. The number of methoxy groups -OCH3 is 1. The summed E-state index contributed by atoms with van der Waals surface area (Å²) in [6, 6.07) is 12.4. The van der Waals surface area contributed by atoms with Crippen molar-refractivity contribution < 1.29 is 31.5 Å². The maximum Gasteiger partial charge on any atom is 0.261 e. The van der Waals surface area contributed by atoms with Crippen molar-refractivity contribution in [3.8, 4) is 5.75 Å². The summed E-state index contributed by atoms with van der Waals surface area (Å²) >= 11 is 0. The van der Waals surface area contributed by atoms with Gasteiger partial charge in [0.15, 0.2) is 11.6 Å². The summed E-state index contributed by atoms with van der Waals surface area (Å²) in [5, 5.41) is 5.24. The van der Waals surface area contributed by atoms with Gasteiger partial charge in [0.1, 0.15) is 5.75 Å². The van der Waals surface area contributed by atoms with Crippen LogP contribution < -0.4 is 20.1 Å². The summed E-state index contributed by atoms with van der Waals surface area (Å²) in [6.45, 7) is 1.34. The van der Waals surface area contributed by atoms with E-state index in [0.29, 0.717) is 23.6 Å². The van der Waals surface area contributed by atoms with E-state index in [0.717, 1.165) is 6.07 Å². The number of rotatable bonds is 7. The zero-order valence-electron chi connectivity index (χ0n) is 17.5. The number of carbonyl (C=O) groups is 2. The smallest absolute Gasteiger partial charge is 0.261 e. The van der Waals surface area contributed by atoms with Gasteiger partial charge >= 0.3 is 0 Å². The molecule has 3 N–H and O–H groups in total. The molecule has 0 saturated carbocycles. The fourth-order valence-corrected chi connectivity index (χ4v) is 3.92. The SMILES string of the molecule is COc1ccc(NC(C)=O)cc1NC(=O)c1cccc(NS(=O)(=O)c2ccc(F)c(F)c2)c1. The molecule has 172 valence electrons. The molecular formula is C22H19F2N3O5S. The van der Waals surface area contributed by atoms with Crippen LogP contribution in [0.25, 0.3) is 0 Å². The lowest BCUT2D eigenvalue weighted by atomic mass is 10.1. The third-order valence-electron chi connectivity index (χ3n) is 4.35. The first-order valence-corrected chi connectivity index (χ1v) is 10.9. The highest BCUT2D eigenvalue weighted by atomic mass is 32.2. The average molecular weight is 475 g/mol. The Kier molecular flexibility index (Phi) is 6.92. The molecule has 0 spiro atoms. The van der Waals surface area contributed by atoms with Gasteiger partial charge in [0.2, 0.25) is 5.91 Å². The Morgan fingerprint density at radius 3 is 2.30 bits per heavy atom. The van der Waals surface area contributed by atoms with Gasteiger partial charge in [0, 0.05) is 23.9 Å². The maximum atomic E-state index is 13.4. The highest BCUT2D eigenvalue weighted by Gasteiger charge is 2.18. The van der Waals surface area contributed by atoms with Gasteiger partial charge in [-0.1, -0.05) is 6.07 Å². The summed E-state index contributed by atoms with van der Waals surface area (Å²) < 4.78 is 59.0. The third kappa shape index (κ3) is 5.83. The van der Waals surface area contributed by atoms with Gasteiger partial charge < -0.3 is 15.4 Å². The molecule has 0 fully saturated rings. The van der Waals surface area contributed by atoms with Gasteiger partial charge in [-0.15, -0.1) is 0 Å². The van der Waals surface area contributed by atoms with Gasteiger partial charge in [-0.05, 0) is 54.6 Å². The van der Waals surface area contributed by atoms with E-state index in [1.54, 1.807) is 12.1 Å². The van der Waals surface area contributed by atoms with Crippen molar-refractivity contribution in [2.45, 2.75) is 11.8 Å². The van der Waals surface area contributed by atoms with Crippen molar-refractivity contribution in [3.05, 3.63) is 77.9 Å². The average Bonchev–Trinajstić information content (AvgIpc) is 2.75. The molecular weight excluding hydrogens is 456 g/mol. The van der Waals surface area contributed by atoms with Crippen LogP contribution in [0.4, 0.5) is 25.8 Å². The minimum Gasteiger partial charge on any atom is -0.495 e. The highest BCUT2D eigenvalue weighted by Crippen LogP contribution is 2.29. The third-order valence-corrected chi connectivity index (χ3v) is 5.73. The van der Waals surface area contributed by atoms with Crippen LogP contribution in [0.3, 0.4) is 0 Å². The van der Waals surface area contributed by atoms with Gasteiger partial charge in [0.25, 0.3) is 15.9 Å². The number of anilines is 3. The molecule has 0 aromatic heterocycles. The van der Waals surface area contributed by atoms with Crippen molar-refractivity contribution in [1.29, 1.82) is 0 Å². The van der Waals surface area contributed by atoms with Crippen molar-refractivity contribution in [2.75, 3.05) is 22.5 Å². The van der Waals surface area contributed by atoms with Crippen LogP contribution >= 0.6 is 0 Å². The molecule has 0 aliphatic carbocycles. The second-order valence-electron chi connectivity index (χ2n) is 6.81. The quantitative estimate of drug-likeness (QED) is 0.478. The number of hydrogen-bond acceptors (Lipinski definition) is 5. The molecule has 3 aromatic rings. The normalized spacial score (nSPS) is 10.9. The first-order chi connectivity index (χ1) is 15.6. The van der Waals surface area contributed by atoms with Crippen LogP contribution in [0.2, 0.25) is 0 Å². The fraction of sp³-hybridized carbons (Fsp3) is 0.0909. The number of carbonyl (C=O) groups excluding carboxylic acids is 2. The lowest BCUT2D eigenvalue weighted by Crippen LogP contribution is -2.16. The molecule has 0 radical (unpaired) electrons. The van der Waals surface area contributed by atoms with Gasteiger partial charge in [-0.2, -0.15) is 0 Å². The Balaban J connectivity index is 1.83. The number of ether oxygens (including phenoxy) is 1. The second kappa shape index (κ2) is 9.65. The Labute approximate surface area is 188 Å². The van der Waals surface area contributed by atoms with Crippen LogP contribution in [0.15, 0.2) is 65.6 Å². The number of hydrogen-bond donors (Lipinski definition) is 3. The zero-order chi connectivity index (χ0) is 24.2.